The number of anilines is 4. The number of aromatic nitrogens is 2. The number of pyridine rings is 2. The standard InChI is InChI=1S/C38H42N12O18S6/c1-5-69(51,52)17-13-43-35-29(21-39)23(3)33(37(45-35)41-11-15-67-73(61,62)63)49-47-25-7-9-27(31(19-25)71(55,56)57)28-10-8-26(20-32(28)72(58,59)60)48-50-34-24(4)30(22-40)36(44-14-18-70(53,54)6-2)46-38(34)42-12-16-68-74(64,65)66/h5-10,19-20H,1-2,11-18H2,3-4H3,(H2,41,43,45)(H2,42,44,46)(H,55,56,57)(H,58,59,60)(H,61,62,63)(H,64,65,66). The van der Waals surface area contributed by atoms with E-state index in [0.29, 0.717) is 0 Å². The van der Waals surface area contributed by atoms with E-state index < -0.39 is 106 Å². The highest BCUT2D eigenvalue weighted by Crippen LogP contribution is 2.40. The second-order valence-corrected chi connectivity index (χ2v) is 23.6. The molecule has 0 bridgehead atoms. The molecule has 30 nitrogen and oxygen atoms in total. The first-order valence-electron chi connectivity index (χ1n) is 20.2. The van der Waals surface area contributed by atoms with Gasteiger partial charge in [-0.05, 0) is 38.1 Å². The molecular weight excluding hydrogens is 1100 g/mol. The average Bonchev–Trinajstić information content (AvgIpc) is 3.30. The lowest BCUT2D eigenvalue weighted by Gasteiger charge is -2.16. The molecule has 0 spiro atoms. The van der Waals surface area contributed by atoms with Crippen molar-refractivity contribution in [2.75, 3.05) is 72.2 Å². The summed E-state index contributed by atoms with van der Waals surface area (Å²) in [4.78, 5) is 6.54. The van der Waals surface area contributed by atoms with Crippen molar-refractivity contribution in [3.05, 3.63) is 82.6 Å². The minimum absolute atomic E-state index is 0.0401. The molecule has 4 rings (SSSR count). The minimum atomic E-state index is -5.30. The summed E-state index contributed by atoms with van der Waals surface area (Å²) in [6, 6.07) is 9.43. The maximum Gasteiger partial charge on any atom is 0.397 e. The van der Waals surface area contributed by atoms with E-state index in [-0.39, 0.29) is 94.5 Å². The van der Waals surface area contributed by atoms with Crippen LogP contribution in [0.15, 0.2) is 90.6 Å². The summed E-state index contributed by atoms with van der Waals surface area (Å²) in [5.74, 6) is -1.69. The first-order valence-corrected chi connectivity index (χ1v) is 29.2. The van der Waals surface area contributed by atoms with Crippen LogP contribution < -0.4 is 21.3 Å². The van der Waals surface area contributed by atoms with E-state index in [2.05, 4.69) is 73.2 Å². The molecule has 0 aliphatic rings. The molecule has 0 saturated carbocycles. The molecule has 0 fully saturated rings. The van der Waals surface area contributed by atoms with Crippen LogP contribution in [0.5, 0.6) is 0 Å². The van der Waals surface area contributed by atoms with Crippen molar-refractivity contribution in [3.63, 3.8) is 0 Å². The molecule has 0 atom stereocenters. The third-order valence-electron chi connectivity index (χ3n) is 9.48. The van der Waals surface area contributed by atoms with Crippen LogP contribution >= 0.6 is 0 Å². The Hall–Kier alpha value is -6.94. The molecule has 0 unspecified atom stereocenters. The van der Waals surface area contributed by atoms with Crippen LogP contribution in [0.3, 0.4) is 0 Å². The molecule has 0 amide bonds. The zero-order chi connectivity index (χ0) is 55.5. The molecule has 0 saturated heterocycles. The number of hydrogen-bond acceptors (Lipinski definition) is 26. The fourth-order valence-electron chi connectivity index (χ4n) is 6.07. The van der Waals surface area contributed by atoms with Gasteiger partial charge in [-0.2, -0.15) is 54.4 Å². The summed E-state index contributed by atoms with van der Waals surface area (Å²) in [6.45, 7) is 6.59. The highest BCUT2D eigenvalue weighted by atomic mass is 32.3. The Morgan fingerprint density at radius 3 is 1.19 bits per heavy atom. The lowest BCUT2D eigenvalue weighted by Crippen LogP contribution is -2.17. The molecule has 4 aromatic rings. The average molecular weight is 1150 g/mol. The number of nitrogens with one attached hydrogen (secondary N) is 4. The van der Waals surface area contributed by atoms with E-state index in [1.165, 1.54) is 13.8 Å². The Balaban J connectivity index is 1.82. The zero-order valence-electron chi connectivity index (χ0n) is 38.2. The number of sulfone groups is 2. The normalized spacial score (nSPS) is 12.5. The van der Waals surface area contributed by atoms with Gasteiger partial charge in [-0.15, -0.1) is 10.2 Å². The summed E-state index contributed by atoms with van der Waals surface area (Å²) in [7, 11) is -27.8. The van der Waals surface area contributed by atoms with E-state index in [1.807, 2.05) is 12.1 Å². The lowest BCUT2D eigenvalue weighted by atomic mass is 10.0. The summed E-state index contributed by atoms with van der Waals surface area (Å²) in [6.07, 6.45) is 0. The van der Waals surface area contributed by atoms with E-state index in [0.717, 1.165) is 47.2 Å². The van der Waals surface area contributed by atoms with Crippen LogP contribution in [-0.4, -0.2) is 130 Å². The Morgan fingerprint density at radius 2 is 0.892 bits per heavy atom. The van der Waals surface area contributed by atoms with Gasteiger partial charge in [0.25, 0.3) is 20.2 Å². The lowest BCUT2D eigenvalue weighted by molar-refractivity contribution is 0.277. The number of nitrogens with zero attached hydrogens (tertiary/aromatic N) is 8. The molecule has 398 valence electrons. The summed E-state index contributed by atoms with van der Waals surface area (Å²) < 4.78 is 191. The summed E-state index contributed by atoms with van der Waals surface area (Å²) >= 11 is 0. The van der Waals surface area contributed by atoms with Crippen LogP contribution in [0.4, 0.5) is 46.0 Å². The summed E-state index contributed by atoms with van der Waals surface area (Å²) in [5.41, 5.74) is -2.44. The first kappa shape index (κ1) is 59.6. The van der Waals surface area contributed by atoms with Gasteiger partial charge < -0.3 is 21.3 Å². The number of benzene rings is 2. The number of rotatable bonds is 27. The van der Waals surface area contributed by atoms with E-state index >= 15 is 0 Å². The van der Waals surface area contributed by atoms with Gasteiger partial charge in [0, 0.05) is 59.2 Å². The third-order valence-corrected chi connectivity index (χ3v) is 14.8. The minimum Gasteiger partial charge on any atom is -0.368 e. The van der Waals surface area contributed by atoms with Crippen molar-refractivity contribution < 1.29 is 77.1 Å². The summed E-state index contributed by atoms with van der Waals surface area (Å²) in [5, 5.41) is 48.4. The molecule has 0 radical (unpaired) electrons. The number of azo groups is 2. The number of nitriles is 2. The maximum absolute atomic E-state index is 12.9. The Labute approximate surface area is 424 Å². The second kappa shape index (κ2) is 24.4. The Bertz CT molecular complexity index is 3470. The number of hydrogen-bond donors (Lipinski definition) is 8. The zero-order valence-corrected chi connectivity index (χ0v) is 43.1. The van der Waals surface area contributed by atoms with E-state index in [1.54, 1.807) is 0 Å². The molecule has 2 aromatic carbocycles. The van der Waals surface area contributed by atoms with E-state index in [9.17, 15) is 70.1 Å². The molecule has 2 heterocycles. The van der Waals surface area contributed by atoms with Gasteiger partial charge in [-0.3, -0.25) is 18.2 Å². The van der Waals surface area contributed by atoms with Gasteiger partial charge in [-0.1, -0.05) is 25.3 Å². The SMILES string of the molecule is C=CS(=O)(=O)CCNc1nc(NCCOS(=O)(=O)O)c(N=Nc2ccc(-c3ccc(N=Nc4c(NCCOS(=O)(=O)O)nc(NCCS(=O)(=O)C=C)c(C#N)c4C)cc3S(=O)(=O)O)c(S(=O)(=O)O)c2)c(C)c1C#N. The quantitative estimate of drug-likeness (QED) is 0.0235. The Morgan fingerprint density at radius 1 is 0.554 bits per heavy atom. The molecular formula is C38H42N12O18S6. The van der Waals surface area contributed by atoms with Crippen molar-refractivity contribution >= 4 is 107 Å². The van der Waals surface area contributed by atoms with Crippen molar-refractivity contribution in [2.24, 2.45) is 20.5 Å². The molecule has 74 heavy (non-hydrogen) atoms. The first-order chi connectivity index (χ1) is 34.3. The van der Waals surface area contributed by atoms with Gasteiger partial charge >= 0.3 is 20.8 Å². The topological polar surface area (TPSA) is 475 Å². The van der Waals surface area contributed by atoms with Gasteiger partial charge in [-0.25, -0.2) is 35.2 Å². The van der Waals surface area contributed by atoms with Crippen LogP contribution in [0, 0.1) is 36.5 Å². The predicted molar refractivity (Wildman–Crippen MR) is 264 cm³/mol. The largest absolute Gasteiger partial charge is 0.397 e. The molecule has 2 aromatic heterocycles. The monoisotopic (exact) mass is 1150 g/mol. The van der Waals surface area contributed by atoms with Crippen molar-refractivity contribution in [1.29, 1.82) is 10.5 Å². The molecule has 8 N–H and O–H groups in total. The van der Waals surface area contributed by atoms with Crippen molar-refractivity contribution in [2.45, 2.75) is 23.6 Å². The maximum atomic E-state index is 12.9. The molecule has 0 aliphatic heterocycles. The van der Waals surface area contributed by atoms with Crippen molar-refractivity contribution in [3.8, 4) is 23.3 Å². The second-order valence-electron chi connectivity index (χ2n) is 14.5. The van der Waals surface area contributed by atoms with Crippen LogP contribution in [0.2, 0.25) is 0 Å². The van der Waals surface area contributed by atoms with Gasteiger partial charge in [0.05, 0.1) is 47.2 Å². The fraction of sp³-hybridized carbons (Fsp3) is 0.263. The van der Waals surface area contributed by atoms with Crippen LogP contribution in [0.1, 0.15) is 22.3 Å². The van der Waals surface area contributed by atoms with E-state index in [4.69, 9.17) is 9.11 Å². The molecule has 36 heteroatoms. The third kappa shape index (κ3) is 17.1. The van der Waals surface area contributed by atoms with Gasteiger partial charge in [0.2, 0.25) is 0 Å². The van der Waals surface area contributed by atoms with Crippen molar-refractivity contribution in [1.82, 2.24) is 9.97 Å². The molecule has 0 aliphatic carbocycles. The van der Waals surface area contributed by atoms with Crippen LogP contribution in [-0.2, 0) is 69.1 Å². The van der Waals surface area contributed by atoms with Crippen LogP contribution in [0.25, 0.3) is 11.1 Å². The highest BCUT2D eigenvalue weighted by molar-refractivity contribution is 7.94. The predicted octanol–water partition coefficient (Wildman–Crippen LogP) is 4.23. The van der Waals surface area contributed by atoms with Gasteiger partial charge in [0.1, 0.15) is 44.9 Å². The highest BCUT2D eigenvalue weighted by Gasteiger charge is 2.26. The van der Waals surface area contributed by atoms with Gasteiger partial charge in [0.15, 0.2) is 31.3 Å². The fourth-order valence-corrected chi connectivity index (χ4v) is 9.21. The smallest absolute Gasteiger partial charge is 0.368 e. The Kier molecular flexibility index (Phi) is 19.7.